The molecule has 0 amide bonds. The number of likely N-dealkylation sites (tertiary alicyclic amines) is 1. The molecule has 2 aliphatic rings. The zero-order chi connectivity index (χ0) is 17.8. The van der Waals surface area contributed by atoms with Gasteiger partial charge >= 0.3 is 0 Å². The second kappa shape index (κ2) is 8.56. The third-order valence-electron chi connectivity index (χ3n) is 5.63. The van der Waals surface area contributed by atoms with E-state index < -0.39 is 0 Å². The molecule has 1 aromatic carbocycles. The Balaban J connectivity index is 1.50. The van der Waals surface area contributed by atoms with E-state index in [9.17, 15) is 0 Å². The largest absolute Gasteiger partial charge is 0.495 e. The highest BCUT2D eigenvalue weighted by Crippen LogP contribution is 2.29. The van der Waals surface area contributed by atoms with Crippen molar-refractivity contribution in [2.45, 2.75) is 50.6 Å². The lowest BCUT2D eigenvalue weighted by Gasteiger charge is -2.40. The molecule has 1 aliphatic carbocycles. The monoisotopic (exact) mass is 381 g/mol. The Hall–Kier alpha value is -1.04. The predicted octanol–water partition coefficient (Wildman–Crippen LogP) is 4.38. The van der Waals surface area contributed by atoms with E-state index in [-0.39, 0.29) is 0 Å². The maximum absolute atomic E-state index is 6.19. The van der Waals surface area contributed by atoms with Gasteiger partial charge in [-0.25, -0.2) is 0 Å². The summed E-state index contributed by atoms with van der Waals surface area (Å²) in [6, 6.07) is 7.14. The first-order chi connectivity index (χ1) is 12.1. The molecule has 2 fully saturated rings. The van der Waals surface area contributed by atoms with E-state index in [1.807, 2.05) is 18.2 Å². The maximum atomic E-state index is 6.19. The number of halogens is 1. The quantitative estimate of drug-likeness (QED) is 0.781. The van der Waals surface area contributed by atoms with E-state index in [0.29, 0.717) is 16.8 Å². The van der Waals surface area contributed by atoms with Gasteiger partial charge in [-0.05, 0) is 63.1 Å². The number of rotatable bonds is 4. The van der Waals surface area contributed by atoms with Gasteiger partial charge in [-0.1, -0.05) is 24.4 Å². The fourth-order valence-electron chi connectivity index (χ4n) is 4.03. The predicted molar refractivity (Wildman–Crippen MR) is 109 cm³/mol. The molecule has 0 unspecified atom stereocenters. The van der Waals surface area contributed by atoms with Crippen LogP contribution in [0, 0.1) is 0 Å². The average molecular weight is 382 g/mol. The minimum Gasteiger partial charge on any atom is -0.495 e. The lowest BCUT2D eigenvalue weighted by molar-refractivity contribution is 0.122. The van der Waals surface area contributed by atoms with Gasteiger partial charge in [0.1, 0.15) is 5.75 Å². The summed E-state index contributed by atoms with van der Waals surface area (Å²) in [6.07, 6.45) is 7.89. The molecular weight excluding hydrogens is 354 g/mol. The van der Waals surface area contributed by atoms with Gasteiger partial charge in [0.05, 0.1) is 12.1 Å². The van der Waals surface area contributed by atoms with E-state index in [1.54, 1.807) is 7.11 Å². The average Bonchev–Trinajstić information content (AvgIpc) is 3.16. The molecule has 0 aromatic heterocycles. The molecule has 1 N–H and O–H groups in total. The van der Waals surface area contributed by atoms with Gasteiger partial charge in [-0.3, -0.25) is 0 Å². The molecule has 0 bridgehead atoms. The fraction of sp³-hybridized carbons (Fsp3) is 0.632. The number of ether oxygens (including phenoxy) is 1. The van der Waals surface area contributed by atoms with Gasteiger partial charge in [0.2, 0.25) is 0 Å². The molecule has 0 radical (unpaired) electrons. The number of hydrogen-bond donors (Lipinski definition) is 1. The van der Waals surface area contributed by atoms with Crippen LogP contribution in [0.2, 0.25) is 5.02 Å². The van der Waals surface area contributed by atoms with E-state index in [4.69, 9.17) is 28.6 Å². The van der Waals surface area contributed by atoms with Crippen molar-refractivity contribution in [1.82, 2.24) is 9.80 Å². The van der Waals surface area contributed by atoms with Crippen molar-refractivity contribution in [1.29, 1.82) is 0 Å². The summed E-state index contributed by atoms with van der Waals surface area (Å²) in [4.78, 5) is 4.90. The molecule has 0 atom stereocenters. The molecule has 6 heteroatoms. The minimum absolute atomic E-state index is 0.590. The van der Waals surface area contributed by atoms with E-state index in [0.717, 1.165) is 29.9 Å². The first-order valence-corrected chi connectivity index (χ1v) is 9.98. The second-order valence-corrected chi connectivity index (χ2v) is 7.90. The van der Waals surface area contributed by atoms with E-state index in [2.05, 4.69) is 22.2 Å². The Labute approximate surface area is 161 Å². The lowest BCUT2D eigenvalue weighted by Crippen LogP contribution is -2.48. The van der Waals surface area contributed by atoms with Gasteiger partial charge < -0.3 is 19.9 Å². The van der Waals surface area contributed by atoms with Gasteiger partial charge in [0.25, 0.3) is 0 Å². The number of anilines is 1. The highest BCUT2D eigenvalue weighted by molar-refractivity contribution is 7.80. The van der Waals surface area contributed by atoms with Crippen molar-refractivity contribution in [2.75, 3.05) is 32.6 Å². The first kappa shape index (κ1) is 18.7. The zero-order valence-electron chi connectivity index (χ0n) is 15.1. The number of nitrogens with zero attached hydrogens (tertiary/aromatic N) is 2. The van der Waals surface area contributed by atoms with Crippen LogP contribution in [0.25, 0.3) is 0 Å². The summed E-state index contributed by atoms with van der Waals surface area (Å²) in [5, 5.41) is 4.68. The van der Waals surface area contributed by atoms with Crippen LogP contribution in [0.3, 0.4) is 0 Å². The number of methoxy groups -OCH3 is 1. The molecular formula is C19H28ClN3OS. The Morgan fingerprint density at radius 3 is 2.44 bits per heavy atom. The van der Waals surface area contributed by atoms with Crippen LogP contribution in [0.5, 0.6) is 5.75 Å². The van der Waals surface area contributed by atoms with Crippen molar-refractivity contribution >= 4 is 34.6 Å². The van der Waals surface area contributed by atoms with Crippen LogP contribution in [0.15, 0.2) is 18.2 Å². The molecule has 4 nitrogen and oxygen atoms in total. The summed E-state index contributed by atoms with van der Waals surface area (Å²) in [7, 11) is 3.93. The third-order valence-corrected chi connectivity index (χ3v) is 6.29. The third kappa shape index (κ3) is 4.57. The first-order valence-electron chi connectivity index (χ1n) is 9.20. The molecule has 1 saturated carbocycles. The van der Waals surface area contributed by atoms with Crippen molar-refractivity contribution in [3.63, 3.8) is 0 Å². The normalized spacial score (nSPS) is 19.4. The molecule has 1 aliphatic heterocycles. The van der Waals surface area contributed by atoms with Crippen LogP contribution >= 0.6 is 23.8 Å². The van der Waals surface area contributed by atoms with Crippen molar-refractivity contribution in [2.24, 2.45) is 0 Å². The maximum Gasteiger partial charge on any atom is 0.173 e. The fourth-order valence-corrected chi connectivity index (χ4v) is 4.59. The number of thiocarbonyl (C=S) groups is 1. The van der Waals surface area contributed by atoms with Gasteiger partial charge in [-0.2, -0.15) is 0 Å². The highest BCUT2D eigenvalue weighted by atomic mass is 35.5. The summed E-state index contributed by atoms with van der Waals surface area (Å²) in [5.41, 5.74) is 0.904. The summed E-state index contributed by atoms with van der Waals surface area (Å²) >= 11 is 11.8. The van der Waals surface area contributed by atoms with Crippen LogP contribution < -0.4 is 10.1 Å². The molecule has 1 heterocycles. The number of nitrogens with one attached hydrogen (secondary N) is 1. The Kier molecular flexibility index (Phi) is 6.42. The van der Waals surface area contributed by atoms with Crippen LogP contribution in [0.4, 0.5) is 5.69 Å². The SMILES string of the molecule is COc1ccc(NC(=S)N2CCC(N(C)C3CCCC3)CC2)cc1Cl. The lowest BCUT2D eigenvalue weighted by atomic mass is 10.0. The Morgan fingerprint density at radius 1 is 1.20 bits per heavy atom. The van der Waals surface area contributed by atoms with Gasteiger partial charge in [-0.15, -0.1) is 0 Å². The summed E-state index contributed by atoms with van der Waals surface area (Å²) < 4.78 is 5.19. The van der Waals surface area contributed by atoms with Gasteiger partial charge in [0.15, 0.2) is 5.11 Å². The molecule has 3 rings (SSSR count). The van der Waals surface area contributed by atoms with Crippen LogP contribution in [0.1, 0.15) is 38.5 Å². The van der Waals surface area contributed by atoms with Crippen molar-refractivity contribution in [3.8, 4) is 5.75 Å². The number of hydrogen-bond acceptors (Lipinski definition) is 3. The second-order valence-electron chi connectivity index (χ2n) is 7.10. The van der Waals surface area contributed by atoms with E-state index >= 15 is 0 Å². The summed E-state index contributed by atoms with van der Waals surface area (Å²) in [5.74, 6) is 0.675. The molecule has 0 spiro atoms. The van der Waals surface area contributed by atoms with Crippen LogP contribution in [-0.4, -0.2) is 54.2 Å². The Bertz CT molecular complexity index is 598. The topological polar surface area (TPSA) is 27.7 Å². The smallest absolute Gasteiger partial charge is 0.173 e. The molecule has 25 heavy (non-hydrogen) atoms. The van der Waals surface area contributed by atoms with E-state index in [1.165, 1.54) is 38.5 Å². The van der Waals surface area contributed by atoms with Gasteiger partial charge in [0, 0.05) is 30.9 Å². The molecule has 1 saturated heterocycles. The molecule has 138 valence electrons. The number of benzene rings is 1. The van der Waals surface area contributed by atoms with Crippen molar-refractivity contribution < 1.29 is 4.74 Å². The summed E-state index contributed by atoms with van der Waals surface area (Å²) in [6.45, 7) is 2.02. The zero-order valence-corrected chi connectivity index (χ0v) is 16.7. The van der Waals surface area contributed by atoms with Crippen LogP contribution in [-0.2, 0) is 0 Å². The minimum atomic E-state index is 0.590. The van der Waals surface area contributed by atoms with Crippen molar-refractivity contribution in [3.05, 3.63) is 23.2 Å². The number of piperidine rings is 1. The standard InChI is InChI=1S/C19H28ClN3OS/c1-22(15-5-3-4-6-15)16-9-11-23(12-10-16)19(25)21-14-7-8-18(24-2)17(20)13-14/h7-8,13,15-16H,3-6,9-12H2,1-2H3,(H,21,25). The highest BCUT2D eigenvalue weighted by Gasteiger charge is 2.29. The molecule has 1 aromatic rings. The Morgan fingerprint density at radius 2 is 1.84 bits per heavy atom.